The van der Waals surface area contributed by atoms with Crippen LogP contribution in [0, 0.1) is 0 Å². The van der Waals surface area contributed by atoms with Gasteiger partial charge >= 0.3 is 5.97 Å². The molecule has 0 aromatic heterocycles. The number of benzene rings is 1. The Morgan fingerprint density at radius 2 is 2.05 bits per heavy atom. The van der Waals surface area contributed by atoms with Crippen molar-refractivity contribution in [2.24, 2.45) is 0 Å². The molecule has 1 aromatic carbocycles. The number of nitrogens with zero attached hydrogens (tertiary/aromatic N) is 1. The average Bonchev–Trinajstić information content (AvgIpc) is 2.46. The van der Waals surface area contributed by atoms with Gasteiger partial charge in [-0.1, -0.05) is 19.9 Å². The van der Waals surface area contributed by atoms with Gasteiger partial charge in [0.2, 0.25) is 0 Å². The van der Waals surface area contributed by atoms with Gasteiger partial charge in [0.25, 0.3) is 0 Å². The van der Waals surface area contributed by atoms with E-state index in [1.54, 1.807) is 13.2 Å². The monoisotopic (exact) mass is 291 g/mol. The molecular weight excluding hydrogens is 266 g/mol. The van der Waals surface area contributed by atoms with Crippen LogP contribution in [0.25, 0.3) is 6.08 Å². The maximum atomic E-state index is 10.7. The third-order valence-electron chi connectivity index (χ3n) is 3.70. The summed E-state index contributed by atoms with van der Waals surface area (Å²) >= 11 is 0. The van der Waals surface area contributed by atoms with Crippen molar-refractivity contribution >= 4 is 12.0 Å². The summed E-state index contributed by atoms with van der Waals surface area (Å²) in [5.74, 6) is -0.280. The first-order valence-electron chi connectivity index (χ1n) is 7.29. The molecule has 0 heterocycles. The van der Waals surface area contributed by atoms with E-state index in [2.05, 4.69) is 25.8 Å². The number of ether oxygens (including phenoxy) is 1. The Bertz CT molecular complexity index is 493. The molecule has 0 aliphatic carbocycles. The van der Waals surface area contributed by atoms with Gasteiger partial charge in [-0.3, -0.25) is 4.90 Å². The van der Waals surface area contributed by atoms with Gasteiger partial charge in [0.1, 0.15) is 5.75 Å². The largest absolute Gasteiger partial charge is 0.496 e. The van der Waals surface area contributed by atoms with Crippen molar-refractivity contribution in [3.8, 4) is 5.75 Å². The first kappa shape index (κ1) is 17.2. The van der Waals surface area contributed by atoms with E-state index < -0.39 is 5.97 Å². The Morgan fingerprint density at radius 1 is 1.38 bits per heavy atom. The van der Waals surface area contributed by atoms with Crippen molar-refractivity contribution in [1.82, 2.24) is 4.90 Å². The second-order valence-electron chi connectivity index (χ2n) is 5.13. The van der Waals surface area contributed by atoms with Gasteiger partial charge in [-0.25, -0.2) is 4.79 Å². The van der Waals surface area contributed by atoms with Crippen molar-refractivity contribution in [2.45, 2.75) is 39.3 Å². The zero-order valence-corrected chi connectivity index (χ0v) is 13.3. The minimum Gasteiger partial charge on any atom is -0.496 e. The van der Waals surface area contributed by atoms with Gasteiger partial charge in [0.15, 0.2) is 0 Å². The van der Waals surface area contributed by atoms with E-state index in [0.29, 0.717) is 11.8 Å². The highest BCUT2D eigenvalue weighted by Crippen LogP contribution is 2.22. The highest BCUT2D eigenvalue weighted by Gasteiger charge is 2.11. The zero-order chi connectivity index (χ0) is 15.8. The van der Waals surface area contributed by atoms with E-state index in [4.69, 9.17) is 9.84 Å². The predicted molar refractivity (Wildman–Crippen MR) is 85.5 cm³/mol. The smallest absolute Gasteiger partial charge is 0.328 e. The summed E-state index contributed by atoms with van der Waals surface area (Å²) < 4.78 is 5.27. The Balaban J connectivity index is 2.94. The van der Waals surface area contributed by atoms with Crippen molar-refractivity contribution in [2.75, 3.05) is 14.2 Å². The molecule has 0 aliphatic rings. The lowest BCUT2D eigenvalue weighted by molar-refractivity contribution is -0.131. The molecule has 116 valence electrons. The van der Waals surface area contributed by atoms with Crippen molar-refractivity contribution in [1.29, 1.82) is 0 Å². The number of carboxylic acid groups (broad SMARTS) is 1. The van der Waals surface area contributed by atoms with Crippen LogP contribution in [0.1, 0.15) is 37.8 Å². The van der Waals surface area contributed by atoms with Gasteiger partial charge in [-0.05, 0) is 43.7 Å². The summed E-state index contributed by atoms with van der Waals surface area (Å²) in [6.07, 6.45) is 4.94. The van der Waals surface area contributed by atoms with Crippen LogP contribution in [-0.4, -0.2) is 36.2 Å². The first-order chi connectivity index (χ1) is 10.0. The van der Waals surface area contributed by atoms with Gasteiger partial charge in [-0.15, -0.1) is 0 Å². The number of carbonyl (C=O) groups is 1. The number of rotatable bonds is 8. The second-order valence-corrected chi connectivity index (χ2v) is 5.13. The molecule has 4 nitrogen and oxygen atoms in total. The number of hydrogen-bond acceptors (Lipinski definition) is 3. The van der Waals surface area contributed by atoms with Gasteiger partial charge in [0, 0.05) is 24.2 Å². The fourth-order valence-electron chi connectivity index (χ4n) is 2.50. The molecule has 0 saturated heterocycles. The molecular formula is C17H25NO3. The van der Waals surface area contributed by atoms with Crippen molar-refractivity contribution in [3.63, 3.8) is 0 Å². The third kappa shape index (κ3) is 5.23. The van der Waals surface area contributed by atoms with Crippen molar-refractivity contribution < 1.29 is 14.6 Å². The van der Waals surface area contributed by atoms with E-state index >= 15 is 0 Å². The quantitative estimate of drug-likeness (QED) is 0.746. The second kappa shape index (κ2) is 8.47. The van der Waals surface area contributed by atoms with E-state index in [1.807, 2.05) is 18.2 Å². The normalized spacial score (nSPS) is 11.5. The number of aliphatic carboxylic acids is 1. The Morgan fingerprint density at radius 3 is 2.57 bits per heavy atom. The van der Waals surface area contributed by atoms with Gasteiger partial charge in [0.05, 0.1) is 7.11 Å². The molecule has 0 fully saturated rings. The zero-order valence-electron chi connectivity index (χ0n) is 13.3. The topological polar surface area (TPSA) is 49.8 Å². The molecule has 1 rings (SSSR count). The minimum absolute atomic E-state index is 0.560. The first-order valence-corrected chi connectivity index (χ1v) is 7.29. The van der Waals surface area contributed by atoms with E-state index in [0.717, 1.165) is 36.6 Å². The van der Waals surface area contributed by atoms with Crippen molar-refractivity contribution in [3.05, 3.63) is 35.4 Å². The fraction of sp³-hybridized carbons (Fsp3) is 0.471. The standard InChI is InChI=1S/C17H25NO3/c1-5-15(6-2)18(3)12-13-7-9-16(21-4)14(11-13)8-10-17(19)20/h7-11,15H,5-6,12H2,1-4H3,(H,19,20). The van der Waals surface area contributed by atoms with E-state index in [1.165, 1.54) is 0 Å². The highest BCUT2D eigenvalue weighted by atomic mass is 16.5. The van der Waals surface area contributed by atoms with E-state index in [-0.39, 0.29) is 0 Å². The van der Waals surface area contributed by atoms with Crippen LogP contribution in [0.4, 0.5) is 0 Å². The summed E-state index contributed by atoms with van der Waals surface area (Å²) in [7, 11) is 3.71. The van der Waals surface area contributed by atoms with Crippen LogP contribution < -0.4 is 4.74 Å². The molecule has 21 heavy (non-hydrogen) atoms. The molecule has 0 amide bonds. The molecule has 0 radical (unpaired) electrons. The minimum atomic E-state index is -0.961. The molecule has 0 bridgehead atoms. The fourth-order valence-corrected chi connectivity index (χ4v) is 2.50. The molecule has 0 saturated carbocycles. The number of carboxylic acids is 1. The van der Waals surface area contributed by atoms with Crippen LogP contribution in [0.15, 0.2) is 24.3 Å². The lowest BCUT2D eigenvalue weighted by atomic mass is 10.1. The van der Waals surface area contributed by atoms with Gasteiger partial charge < -0.3 is 9.84 Å². The molecule has 4 heteroatoms. The Labute approximate surface area is 127 Å². The summed E-state index contributed by atoms with van der Waals surface area (Å²) in [5.41, 5.74) is 1.94. The van der Waals surface area contributed by atoms with Crippen LogP contribution in [0.2, 0.25) is 0 Å². The maximum absolute atomic E-state index is 10.7. The summed E-state index contributed by atoms with van der Waals surface area (Å²) in [6.45, 7) is 5.23. The van der Waals surface area contributed by atoms with Gasteiger partial charge in [-0.2, -0.15) is 0 Å². The molecule has 1 aromatic rings. The van der Waals surface area contributed by atoms with Crippen LogP contribution >= 0.6 is 0 Å². The Kier molecular flexibility index (Phi) is 6.96. The highest BCUT2D eigenvalue weighted by molar-refractivity contribution is 5.85. The molecule has 0 spiro atoms. The third-order valence-corrected chi connectivity index (χ3v) is 3.70. The summed E-state index contributed by atoms with van der Waals surface area (Å²) in [4.78, 5) is 13.0. The average molecular weight is 291 g/mol. The number of hydrogen-bond donors (Lipinski definition) is 1. The van der Waals surface area contributed by atoms with Crippen LogP contribution in [0.5, 0.6) is 5.75 Å². The van der Waals surface area contributed by atoms with E-state index in [9.17, 15) is 4.79 Å². The SMILES string of the molecule is CCC(CC)N(C)Cc1ccc(OC)c(C=CC(=O)O)c1. The predicted octanol–water partition coefficient (Wildman–Crippen LogP) is 3.41. The summed E-state index contributed by atoms with van der Waals surface area (Å²) in [6, 6.07) is 6.45. The number of methoxy groups -OCH3 is 1. The maximum Gasteiger partial charge on any atom is 0.328 e. The molecule has 0 unspecified atom stereocenters. The van der Waals surface area contributed by atoms with Crippen LogP contribution in [0.3, 0.4) is 0 Å². The molecule has 0 aliphatic heterocycles. The van der Waals surface area contributed by atoms with Crippen LogP contribution in [-0.2, 0) is 11.3 Å². The molecule has 1 N–H and O–H groups in total. The molecule has 0 atom stereocenters. The summed E-state index contributed by atoms with van der Waals surface area (Å²) in [5, 5.41) is 8.75. The lowest BCUT2D eigenvalue weighted by Gasteiger charge is -2.26. The lowest BCUT2D eigenvalue weighted by Crippen LogP contribution is -2.29. The Hall–Kier alpha value is -1.81.